The lowest BCUT2D eigenvalue weighted by molar-refractivity contribution is 0.0131. The van der Waals surface area contributed by atoms with Gasteiger partial charge in [0.05, 0.1) is 12.2 Å². The van der Waals surface area contributed by atoms with E-state index in [0.717, 1.165) is 12.8 Å². The van der Waals surface area contributed by atoms with Gasteiger partial charge in [0.25, 0.3) is 0 Å². The van der Waals surface area contributed by atoms with Crippen molar-refractivity contribution in [2.45, 2.75) is 51.7 Å². The van der Waals surface area contributed by atoms with Gasteiger partial charge in [-0.1, -0.05) is 13.8 Å². The minimum Gasteiger partial charge on any atom is -0.390 e. The summed E-state index contributed by atoms with van der Waals surface area (Å²) in [7, 11) is 0. The molecular formula is C12H20O2S. The predicted molar refractivity (Wildman–Crippen MR) is 64.3 cm³/mol. The number of rotatable bonds is 6. The molecule has 3 heteroatoms. The molecule has 1 rings (SSSR count). The Morgan fingerprint density at radius 2 is 1.80 bits per heavy atom. The van der Waals surface area contributed by atoms with Crippen molar-refractivity contribution >= 4 is 11.3 Å². The zero-order chi connectivity index (χ0) is 11.3. The van der Waals surface area contributed by atoms with Crippen molar-refractivity contribution in [1.82, 2.24) is 0 Å². The van der Waals surface area contributed by atoms with E-state index in [2.05, 4.69) is 19.1 Å². The second-order valence-corrected chi connectivity index (χ2v) is 5.06. The molecule has 2 atom stereocenters. The maximum Gasteiger partial charge on any atom is 0.0802 e. The van der Waals surface area contributed by atoms with Crippen molar-refractivity contribution in [2.24, 2.45) is 0 Å². The molecule has 0 fully saturated rings. The average Bonchev–Trinajstić information content (AvgIpc) is 2.72. The second-order valence-electron chi connectivity index (χ2n) is 3.80. The third-order valence-electron chi connectivity index (χ3n) is 2.61. The van der Waals surface area contributed by atoms with Crippen LogP contribution in [0, 0.1) is 0 Å². The number of aliphatic hydroxyl groups excluding tert-OH is 2. The number of hydrogen-bond donors (Lipinski definition) is 2. The van der Waals surface area contributed by atoms with Gasteiger partial charge in [0.1, 0.15) is 0 Å². The Balaban J connectivity index is 2.36. The maximum absolute atomic E-state index is 9.60. The third-order valence-corrected chi connectivity index (χ3v) is 3.90. The molecule has 0 aliphatic rings. The highest BCUT2D eigenvalue weighted by atomic mass is 32.1. The van der Waals surface area contributed by atoms with Gasteiger partial charge in [0.2, 0.25) is 0 Å². The summed E-state index contributed by atoms with van der Waals surface area (Å²) < 4.78 is 0. The van der Waals surface area contributed by atoms with E-state index >= 15 is 0 Å². The molecule has 2 unspecified atom stereocenters. The fourth-order valence-electron chi connectivity index (χ4n) is 1.50. The molecule has 1 aromatic heterocycles. The van der Waals surface area contributed by atoms with Gasteiger partial charge in [-0.05, 0) is 37.8 Å². The zero-order valence-electron chi connectivity index (χ0n) is 9.44. The Kier molecular flexibility index (Phi) is 5.29. The fourth-order valence-corrected chi connectivity index (χ4v) is 2.47. The Hall–Kier alpha value is -0.380. The van der Waals surface area contributed by atoms with E-state index in [1.165, 1.54) is 9.75 Å². The van der Waals surface area contributed by atoms with Crippen LogP contribution in [0.15, 0.2) is 12.1 Å². The minimum atomic E-state index is -0.581. The highest BCUT2D eigenvalue weighted by Gasteiger charge is 2.14. The molecule has 1 heterocycles. The molecule has 0 radical (unpaired) electrons. The quantitative estimate of drug-likeness (QED) is 0.785. The monoisotopic (exact) mass is 228 g/mol. The SMILES string of the molecule is CCc1ccc(CCC(O)C(O)CC)s1. The summed E-state index contributed by atoms with van der Waals surface area (Å²) in [4.78, 5) is 2.68. The van der Waals surface area contributed by atoms with Gasteiger partial charge in [-0.25, -0.2) is 0 Å². The molecule has 0 saturated carbocycles. The molecule has 2 nitrogen and oxygen atoms in total. The first kappa shape index (κ1) is 12.7. The van der Waals surface area contributed by atoms with Crippen LogP contribution in [-0.4, -0.2) is 22.4 Å². The summed E-state index contributed by atoms with van der Waals surface area (Å²) in [6.07, 6.45) is 2.05. The summed E-state index contributed by atoms with van der Waals surface area (Å²) in [5.74, 6) is 0. The lowest BCUT2D eigenvalue weighted by Gasteiger charge is -2.15. The molecule has 0 aliphatic heterocycles. The van der Waals surface area contributed by atoms with Crippen molar-refractivity contribution < 1.29 is 10.2 Å². The topological polar surface area (TPSA) is 40.5 Å². The first-order valence-corrected chi connectivity index (χ1v) is 6.42. The first-order chi connectivity index (χ1) is 7.17. The summed E-state index contributed by atoms with van der Waals surface area (Å²) in [5.41, 5.74) is 0. The smallest absolute Gasteiger partial charge is 0.0802 e. The zero-order valence-corrected chi connectivity index (χ0v) is 10.3. The highest BCUT2D eigenvalue weighted by Crippen LogP contribution is 2.19. The van der Waals surface area contributed by atoms with Crippen LogP contribution in [-0.2, 0) is 12.8 Å². The molecular weight excluding hydrogens is 208 g/mol. The second kappa shape index (κ2) is 6.26. The summed E-state index contributed by atoms with van der Waals surface area (Å²) in [5, 5.41) is 19.0. The molecule has 0 spiro atoms. The Morgan fingerprint density at radius 1 is 1.13 bits per heavy atom. The number of hydrogen-bond acceptors (Lipinski definition) is 3. The molecule has 1 aromatic rings. The van der Waals surface area contributed by atoms with E-state index in [-0.39, 0.29) is 0 Å². The van der Waals surface area contributed by atoms with Crippen molar-refractivity contribution in [3.63, 3.8) is 0 Å². The third kappa shape index (κ3) is 3.93. The lowest BCUT2D eigenvalue weighted by Crippen LogP contribution is -2.25. The van der Waals surface area contributed by atoms with E-state index in [1.54, 1.807) is 11.3 Å². The number of thiophene rings is 1. The Bertz CT molecular complexity index is 283. The molecule has 0 amide bonds. The number of aliphatic hydroxyl groups is 2. The van der Waals surface area contributed by atoms with Gasteiger partial charge >= 0.3 is 0 Å². The summed E-state index contributed by atoms with van der Waals surface area (Å²) in [6.45, 7) is 4.03. The van der Waals surface area contributed by atoms with Crippen molar-refractivity contribution in [3.8, 4) is 0 Å². The van der Waals surface area contributed by atoms with Crippen LogP contribution in [0.5, 0.6) is 0 Å². The van der Waals surface area contributed by atoms with Crippen LogP contribution in [0.4, 0.5) is 0 Å². The molecule has 0 aliphatic carbocycles. The van der Waals surface area contributed by atoms with Crippen molar-refractivity contribution in [3.05, 3.63) is 21.9 Å². The van der Waals surface area contributed by atoms with Crippen LogP contribution in [0.2, 0.25) is 0 Å². The van der Waals surface area contributed by atoms with Crippen LogP contribution >= 0.6 is 11.3 Å². The maximum atomic E-state index is 9.60. The normalized spacial score (nSPS) is 15.2. The summed E-state index contributed by atoms with van der Waals surface area (Å²) >= 11 is 1.80. The first-order valence-electron chi connectivity index (χ1n) is 5.61. The van der Waals surface area contributed by atoms with Crippen LogP contribution < -0.4 is 0 Å². The van der Waals surface area contributed by atoms with Gasteiger partial charge in [-0.3, -0.25) is 0 Å². The summed E-state index contributed by atoms with van der Waals surface area (Å²) in [6, 6.07) is 4.26. The largest absolute Gasteiger partial charge is 0.390 e. The molecule has 2 N–H and O–H groups in total. The van der Waals surface area contributed by atoms with E-state index < -0.39 is 12.2 Å². The molecule has 0 aromatic carbocycles. The van der Waals surface area contributed by atoms with Gasteiger partial charge in [-0.2, -0.15) is 0 Å². The van der Waals surface area contributed by atoms with E-state index in [4.69, 9.17) is 0 Å². The van der Waals surface area contributed by atoms with Crippen molar-refractivity contribution in [1.29, 1.82) is 0 Å². The van der Waals surface area contributed by atoms with Gasteiger partial charge in [0.15, 0.2) is 0 Å². The number of aryl methyl sites for hydroxylation is 2. The predicted octanol–water partition coefficient (Wildman–Crippen LogP) is 2.37. The fraction of sp³-hybridized carbons (Fsp3) is 0.667. The molecule has 0 bridgehead atoms. The molecule has 15 heavy (non-hydrogen) atoms. The minimum absolute atomic E-state index is 0.574. The lowest BCUT2D eigenvalue weighted by atomic mass is 10.1. The van der Waals surface area contributed by atoms with Crippen LogP contribution in [0.3, 0.4) is 0 Å². The van der Waals surface area contributed by atoms with E-state index in [9.17, 15) is 10.2 Å². The van der Waals surface area contributed by atoms with Gasteiger partial charge in [0, 0.05) is 9.75 Å². The highest BCUT2D eigenvalue weighted by molar-refractivity contribution is 7.11. The van der Waals surface area contributed by atoms with Crippen molar-refractivity contribution in [2.75, 3.05) is 0 Å². The standard InChI is InChI=1S/C12H20O2S/c1-3-9-5-6-10(15-9)7-8-12(14)11(13)4-2/h5-6,11-14H,3-4,7-8H2,1-2H3. The Labute approximate surface area is 95.6 Å². The van der Waals surface area contributed by atoms with Gasteiger partial charge in [-0.15, -0.1) is 11.3 Å². The van der Waals surface area contributed by atoms with Gasteiger partial charge < -0.3 is 10.2 Å². The van der Waals surface area contributed by atoms with Crippen LogP contribution in [0.1, 0.15) is 36.4 Å². The average molecular weight is 228 g/mol. The van der Waals surface area contributed by atoms with E-state index in [0.29, 0.717) is 12.8 Å². The van der Waals surface area contributed by atoms with Crippen LogP contribution in [0.25, 0.3) is 0 Å². The van der Waals surface area contributed by atoms with E-state index in [1.807, 2.05) is 6.92 Å². The molecule has 0 saturated heterocycles. The molecule has 86 valence electrons. The Morgan fingerprint density at radius 3 is 2.33 bits per heavy atom.